The summed E-state index contributed by atoms with van der Waals surface area (Å²) in [6, 6.07) is 12.1. The van der Waals surface area contributed by atoms with E-state index in [1.54, 1.807) is 43.5 Å². The van der Waals surface area contributed by atoms with Crippen LogP contribution >= 0.6 is 0 Å². The van der Waals surface area contributed by atoms with Gasteiger partial charge in [-0.15, -0.1) is 0 Å². The third kappa shape index (κ3) is 4.21. The number of nitrogens with zero attached hydrogens (tertiary/aromatic N) is 2. The first-order chi connectivity index (χ1) is 12.8. The molecule has 1 aliphatic rings. The number of methoxy groups -OCH3 is 1. The van der Waals surface area contributed by atoms with Crippen LogP contribution in [0.2, 0.25) is 0 Å². The van der Waals surface area contributed by atoms with E-state index in [1.807, 2.05) is 0 Å². The topological polar surface area (TPSA) is 62.7 Å². The molecule has 0 saturated carbocycles. The van der Waals surface area contributed by atoms with Crippen LogP contribution in [0.25, 0.3) is 11.3 Å². The van der Waals surface area contributed by atoms with Gasteiger partial charge in [0.25, 0.3) is 5.91 Å². The maximum atomic E-state index is 12.7. The lowest BCUT2D eigenvalue weighted by Crippen LogP contribution is -2.38. The summed E-state index contributed by atoms with van der Waals surface area (Å²) in [4.78, 5) is 18.3. The number of benzene rings is 1. The smallest absolute Gasteiger partial charge is 0.414 e. The number of hydrogen-bond donors (Lipinski definition) is 1. The van der Waals surface area contributed by atoms with Crippen molar-refractivity contribution in [3.63, 3.8) is 0 Å². The standard InChI is InChI=1S/C19H19F3N2O3/c1-27-14-7-5-12(6-8-14)15-3-2-4-16(23-15)18(26)24-10-9-13(11-24)17(25)19(20,21)22/h2-8,13,17,25H,9-11H2,1H3. The van der Waals surface area contributed by atoms with Crippen LogP contribution in [-0.4, -0.2) is 53.4 Å². The second kappa shape index (κ2) is 7.56. The number of likely N-dealkylation sites (tertiary alicyclic amines) is 1. The third-order valence-electron chi connectivity index (χ3n) is 4.65. The van der Waals surface area contributed by atoms with E-state index in [-0.39, 0.29) is 25.2 Å². The molecule has 1 aromatic carbocycles. The summed E-state index contributed by atoms with van der Waals surface area (Å²) in [5.41, 5.74) is 1.53. The number of alkyl halides is 3. The molecule has 1 aromatic heterocycles. The summed E-state index contributed by atoms with van der Waals surface area (Å²) in [5.74, 6) is -0.765. The van der Waals surface area contributed by atoms with Gasteiger partial charge in [-0.1, -0.05) is 6.07 Å². The van der Waals surface area contributed by atoms with Gasteiger partial charge >= 0.3 is 6.18 Å². The Hall–Kier alpha value is -2.61. The van der Waals surface area contributed by atoms with E-state index in [9.17, 15) is 23.1 Å². The number of carbonyl (C=O) groups excluding carboxylic acids is 1. The SMILES string of the molecule is COc1ccc(-c2cccc(C(=O)N3CCC(C(O)C(F)(F)F)C3)n2)cc1. The van der Waals surface area contributed by atoms with Gasteiger partial charge in [0.2, 0.25) is 0 Å². The average Bonchev–Trinajstić information content (AvgIpc) is 3.16. The minimum absolute atomic E-state index is 0.102. The number of aromatic nitrogens is 1. The molecule has 8 heteroatoms. The summed E-state index contributed by atoms with van der Waals surface area (Å²) >= 11 is 0. The van der Waals surface area contributed by atoms with E-state index in [0.717, 1.165) is 5.56 Å². The van der Waals surface area contributed by atoms with E-state index in [2.05, 4.69) is 4.98 Å². The zero-order valence-electron chi connectivity index (χ0n) is 14.6. The highest BCUT2D eigenvalue weighted by molar-refractivity contribution is 5.93. The minimum atomic E-state index is -4.68. The molecule has 2 heterocycles. The van der Waals surface area contributed by atoms with Crippen molar-refractivity contribution < 1.29 is 27.8 Å². The number of pyridine rings is 1. The molecule has 1 amide bonds. The van der Waals surface area contributed by atoms with Crippen molar-refractivity contribution >= 4 is 5.91 Å². The van der Waals surface area contributed by atoms with E-state index < -0.39 is 24.1 Å². The van der Waals surface area contributed by atoms with Crippen molar-refractivity contribution in [3.05, 3.63) is 48.2 Å². The highest BCUT2D eigenvalue weighted by atomic mass is 19.4. The highest BCUT2D eigenvalue weighted by Crippen LogP contribution is 2.31. The lowest BCUT2D eigenvalue weighted by Gasteiger charge is -2.21. The zero-order chi connectivity index (χ0) is 19.6. The predicted molar refractivity (Wildman–Crippen MR) is 92.3 cm³/mol. The van der Waals surface area contributed by atoms with Crippen molar-refractivity contribution in [2.24, 2.45) is 5.92 Å². The van der Waals surface area contributed by atoms with Crippen molar-refractivity contribution in [1.29, 1.82) is 0 Å². The van der Waals surface area contributed by atoms with Crippen LogP contribution in [0.3, 0.4) is 0 Å². The predicted octanol–water partition coefficient (Wildman–Crippen LogP) is 3.14. The van der Waals surface area contributed by atoms with E-state index >= 15 is 0 Å². The number of halogens is 3. The second-order valence-corrected chi connectivity index (χ2v) is 6.42. The summed E-state index contributed by atoms with van der Waals surface area (Å²) < 4.78 is 43.1. The maximum absolute atomic E-state index is 12.7. The number of ether oxygens (including phenoxy) is 1. The largest absolute Gasteiger partial charge is 0.497 e. The number of amides is 1. The fourth-order valence-corrected chi connectivity index (χ4v) is 3.14. The molecule has 0 radical (unpaired) electrons. The van der Waals surface area contributed by atoms with E-state index in [4.69, 9.17) is 4.74 Å². The van der Waals surface area contributed by atoms with Crippen LogP contribution in [-0.2, 0) is 0 Å². The van der Waals surface area contributed by atoms with Gasteiger partial charge in [0, 0.05) is 24.6 Å². The van der Waals surface area contributed by atoms with E-state index in [0.29, 0.717) is 11.4 Å². The number of hydrogen-bond acceptors (Lipinski definition) is 4. The second-order valence-electron chi connectivity index (χ2n) is 6.42. The van der Waals surface area contributed by atoms with Crippen LogP contribution in [0, 0.1) is 5.92 Å². The molecule has 1 aliphatic heterocycles. The molecule has 3 rings (SSSR count). The Morgan fingerprint density at radius 1 is 1.26 bits per heavy atom. The number of aliphatic hydroxyl groups is 1. The Morgan fingerprint density at radius 3 is 2.59 bits per heavy atom. The number of carbonyl (C=O) groups is 1. The summed E-state index contributed by atoms with van der Waals surface area (Å²) in [7, 11) is 1.56. The molecule has 0 bridgehead atoms. The molecule has 27 heavy (non-hydrogen) atoms. The van der Waals surface area contributed by atoms with Gasteiger partial charge < -0.3 is 14.7 Å². The minimum Gasteiger partial charge on any atom is -0.497 e. The summed E-state index contributed by atoms with van der Waals surface area (Å²) in [6.07, 6.45) is -7.00. The Bertz CT molecular complexity index is 809. The normalized spacial score (nSPS) is 18.4. The fourth-order valence-electron chi connectivity index (χ4n) is 3.14. The summed E-state index contributed by atoms with van der Waals surface area (Å²) in [6.45, 7) is 0.0129. The first-order valence-corrected chi connectivity index (χ1v) is 8.45. The molecule has 2 atom stereocenters. The molecule has 144 valence electrons. The zero-order valence-corrected chi connectivity index (χ0v) is 14.6. The Balaban J connectivity index is 1.74. The fraction of sp³-hybridized carbons (Fsp3) is 0.368. The van der Waals surface area contributed by atoms with Crippen LogP contribution in [0.15, 0.2) is 42.5 Å². The first kappa shape index (κ1) is 19.2. The first-order valence-electron chi connectivity index (χ1n) is 8.45. The molecule has 5 nitrogen and oxygen atoms in total. The monoisotopic (exact) mass is 380 g/mol. The van der Waals surface area contributed by atoms with Gasteiger partial charge in [-0.2, -0.15) is 13.2 Å². The third-order valence-corrected chi connectivity index (χ3v) is 4.65. The highest BCUT2D eigenvalue weighted by Gasteiger charge is 2.46. The Morgan fingerprint density at radius 2 is 1.96 bits per heavy atom. The van der Waals surface area contributed by atoms with Crippen LogP contribution in [0.1, 0.15) is 16.9 Å². The molecule has 1 N–H and O–H groups in total. The Kier molecular flexibility index (Phi) is 5.36. The van der Waals surface area contributed by atoms with Gasteiger partial charge in [-0.05, 0) is 42.8 Å². The van der Waals surface area contributed by atoms with Crippen LogP contribution in [0.5, 0.6) is 5.75 Å². The summed E-state index contributed by atoms with van der Waals surface area (Å²) in [5, 5.41) is 9.40. The quantitative estimate of drug-likeness (QED) is 0.885. The molecular formula is C19H19F3N2O3. The molecule has 1 fully saturated rings. The van der Waals surface area contributed by atoms with Gasteiger partial charge in [0.15, 0.2) is 6.10 Å². The molecule has 1 saturated heterocycles. The van der Waals surface area contributed by atoms with E-state index in [1.165, 1.54) is 11.0 Å². The van der Waals surface area contributed by atoms with Crippen molar-refractivity contribution in [1.82, 2.24) is 9.88 Å². The van der Waals surface area contributed by atoms with Gasteiger partial charge in [-0.25, -0.2) is 4.98 Å². The van der Waals surface area contributed by atoms with Crippen LogP contribution in [0.4, 0.5) is 13.2 Å². The molecule has 0 spiro atoms. The molecule has 0 aliphatic carbocycles. The lowest BCUT2D eigenvalue weighted by molar-refractivity contribution is -0.217. The van der Waals surface area contributed by atoms with Crippen molar-refractivity contribution in [2.45, 2.75) is 18.7 Å². The number of aliphatic hydroxyl groups excluding tert-OH is 1. The average molecular weight is 380 g/mol. The van der Waals surface area contributed by atoms with Crippen LogP contribution < -0.4 is 4.74 Å². The van der Waals surface area contributed by atoms with Gasteiger partial charge in [0.05, 0.1) is 12.8 Å². The molecule has 2 aromatic rings. The number of rotatable bonds is 4. The molecular weight excluding hydrogens is 361 g/mol. The maximum Gasteiger partial charge on any atom is 0.414 e. The Labute approximate surface area is 154 Å². The molecule has 2 unspecified atom stereocenters. The lowest BCUT2D eigenvalue weighted by atomic mass is 10.0. The van der Waals surface area contributed by atoms with Crippen molar-refractivity contribution in [2.75, 3.05) is 20.2 Å². The van der Waals surface area contributed by atoms with Crippen molar-refractivity contribution in [3.8, 4) is 17.0 Å². The van der Waals surface area contributed by atoms with Gasteiger partial charge in [-0.3, -0.25) is 4.79 Å². The van der Waals surface area contributed by atoms with Gasteiger partial charge in [0.1, 0.15) is 11.4 Å².